The third-order valence-corrected chi connectivity index (χ3v) is 3.28. The van der Waals surface area contributed by atoms with Crippen LogP contribution in [-0.4, -0.2) is 22.1 Å². The van der Waals surface area contributed by atoms with Gasteiger partial charge in [0.1, 0.15) is 0 Å². The summed E-state index contributed by atoms with van der Waals surface area (Å²) < 4.78 is 2.20. The summed E-state index contributed by atoms with van der Waals surface area (Å²) in [7, 11) is 0. The first-order valence-corrected chi connectivity index (χ1v) is 6.42. The maximum absolute atomic E-state index is 4.22. The first-order chi connectivity index (χ1) is 7.77. The third-order valence-electron chi connectivity index (χ3n) is 2.39. The van der Waals surface area contributed by atoms with E-state index in [0.717, 1.165) is 13.1 Å². The topological polar surface area (TPSA) is 29.9 Å². The van der Waals surface area contributed by atoms with Crippen LogP contribution in [0.1, 0.15) is 13.8 Å². The lowest BCUT2D eigenvalue weighted by Crippen LogP contribution is -2.26. The van der Waals surface area contributed by atoms with E-state index in [4.69, 9.17) is 0 Å². The van der Waals surface area contributed by atoms with Crippen molar-refractivity contribution in [1.82, 2.24) is 14.9 Å². The predicted octanol–water partition coefficient (Wildman–Crippen LogP) is 2.61. The van der Waals surface area contributed by atoms with Gasteiger partial charge < -0.3 is 9.88 Å². The van der Waals surface area contributed by atoms with E-state index in [1.807, 2.05) is 12.5 Å². The van der Waals surface area contributed by atoms with E-state index in [9.17, 15) is 0 Å². The number of nitrogens with one attached hydrogen (secondary N) is 1. The molecule has 0 amide bonds. The van der Waals surface area contributed by atoms with Crippen LogP contribution in [0.2, 0.25) is 0 Å². The number of rotatable bonds is 5. The Balaban J connectivity index is 2.03. The number of thiophene rings is 1. The zero-order chi connectivity index (χ0) is 11.4. The van der Waals surface area contributed by atoms with Gasteiger partial charge in [0.05, 0.1) is 23.1 Å². The van der Waals surface area contributed by atoms with Crippen LogP contribution >= 0.6 is 11.3 Å². The van der Waals surface area contributed by atoms with Gasteiger partial charge in [0.2, 0.25) is 0 Å². The molecule has 0 aliphatic carbocycles. The average Bonchev–Trinajstić information content (AvgIpc) is 2.84. The van der Waals surface area contributed by atoms with Crippen molar-refractivity contribution in [3.8, 4) is 10.6 Å². The standard InChI is InChI=1S/C12H17N3S/c1-10(2)14-5-6-15-9-13-8-11(15)12-4-3-7-16-12/h3-4,7-10,14H,5-6H2,1-2H3. The quantitative estimate of drug-likeness (QED) is 0.863. The SMILES string of the molecule is CC(C)NCCn1cncc1-c1cccs1. The molecular weight excluding hydrogens is 218 g/mol. The zero-order valence-corrected chi connectivity index (χ0v) is 10.5. The van der Waals surface area contributed by atoms with E-state index < -0.39 is 0 Å². The van der Waals surface area contributed by atoms with E-state index in [-0.39, 0.29) is 0 Å². The van der Waals surface area contributed by atoms with Crippen LogP contribution in [-0.2, 0) is 6.54 Å². The highest BCUT2D eigenvalue weighted by molar-refractivity contribution is 7.13. The molecule has 0 atom stereocenters. The van der Waals surface area contributed by atoms with Crippen LogP contribution in [0.5, 0.6) is 0 Å². The van der Waals surface area contributed by atoms with E-state index >= 15 is 0 Å². The smallest absolute Gasteiger partial charge is 0.0951 e. The molecule has 0 aliphatic rings. The lowest BCUT2D eigenvalue weighted by atomic mass is 10.3. The van der Waals surface area contributed by atoms with Gasteiger partial charge in [0.25, 0.3) is 0 Å². The van der Waals surface area contributed by atoms with E-state index in [1.165, 1.54) is 10.6 Å². The molecule has 2 aromatic heterocycles. The van der Waals surface area contributed by atoms with Crippen LogP contribution in [0, 0.1) is 0 Å². The highest BCUT2D eigenvalue weighted by Crippen LogP contribution is 2.23. The van der Waals surface area contributed by atoms with Gasteiger partial charge in [0, 0.05) is 19.1 Å². The minimum absolute atomic E-state index is 0.536. The number of imidazole rings is 1. The Bertz CT molecular complexity index is 417. The van der Waals surface area contributed by atoms with Crippen molar-refractivity contribution in [3.05, 3.63) is 30.0 Å². The molecule has 0 radical (unpaired) electrons. The second-order valence-corrected chi connectivity index (χ2v) is 5.01. The first-order valence-electron chi connectivity index (χ1n) is 5.55. The molecule has 0 saturated heterocycles. The van der Waals surface area contributed by atoms with Crippen molar-refractivity contribution < 1.29 is 0 Å². The van der Waals surface area contributed by atoms with E-state index in [0.29, 0.717) is 6.04 Å². The number of nitrogens with zero attached hydrogens (tertiary/aromatic N) is 2. The first kappa shape index (κ1) is 11.4. The molecule has 0 bridgehead atoms. The van der Waals surface area contributed by atoms with Gasteiger partial charge in [-0.05, 0) is 11.4 Å². The second kappa shape index (κ2) is 5.27. The maximum atomic E-state index is 4.22. The molecule has 2 aromatic rings. The molecule has 3 nitrogen and oxygen atoms in total. The average molecular weight is 235 g/mol. The molecular formula is C12H17N3S. The molecule has 4 heteroatoms. The molecule has 0 saturated carbocycles. The Hall–Kier alpha value is -1.13. The van der Waals surface area contributed by atoms with Crippen molar-refractivity contribution in [2.24, 2.45) is 0 Å². The lowest BCUT2D eigenvalue weighted by Gasteiger charge is -2.10. The van der Waals surface area contributed by atoms with Crippen LogP contribution in [0.4, 0.5) is 0 Å². The largest absolute Gasteiger partial charge is 0.329 e. The molecule has 0 aliphatic heterocycles. The summed E-state index contributed by atoms with van der Waals surface area (Å²) in [5.41, 5.74) is 1.21. The fourth-order valence-electron chi connectivity index (χ4n) is 1.60. The van der Waals surface area contributed by atoms with Gasteiger partial charge in [-0.3, -0.25) is 0 Å². The number of hydrogen-bond acceptors (Lipinski definition) is 3. The summed E-state index contributed by atoms with van der Waals surface area (Å²) in [6.45, 7) is 6.26. The van der Waals surface area contributed by atoms with Crippen molar-refractivity contribution in [1.29, 1.82) is 0 Å². The Morgan fingerprint density at radius 1 is 1.50 bits per heavy atom. The summed E-state index contributed by atoms with van der Waals surface area (Å²) in [5.74, 6) is 0. The second-order valence-electron chi connectivity index (χ2n) is 4.06. The minimum Gasteiger partial charge on any atom is -0.329 e. The van der Waals surface area contributed by atoms with Gasteiger partial charge in [0.15, 0.2) is 0 Å². The molecule has 0 fully saturated rings. The van der Waals surface area contributed by atoms with Crippen LogP contribution in [0.15, 0.2) is 30.0 Å². The summed E-state index contributed by atoms with van der Waals surface area (Å²) >= 11 is 1.75. The van der Waals surface area contributed by atoms with E-state index in [1.54, 1.807) is 11.3 Å². The van der Waals surface area contributed by atoms with Crippen molar-refractivity contribution >= 4 is 11.3 Å². The van der Waals surface area contributed by atoms with Crippen LogP contribution < -0.4 is 5.32 Å². The fraction of sp³-hybridized carbons (Fsp3) is 0.417. The Kier molecular flexibility index (Phi) is 3.74. The van der Waals surface area contributed by atoms with Gasteiger partial charge in [-0.25, -0.2) is 4.98 Å². The van der Waals surface area contributed by atoms with Gasteiger partial charge in [-0.2, -0.15) is 0 Å². The highest BCUT2D eigenvalue weighted by atomic mass is 32.1. The summed E-state index contributed by atoms with van der Waals surface area (Å²) in [6.07, 6.45) is 3.83. The van der Waals surface area contributed by atoms with E-state index in [2.05, 4.69) is 46.2 Å². The molecule has 0 aromatic carbocycles. The number of aromatic nitrogens is 2. The molecule has 16 heavy (non-hydrogen) atoms. The van der Waals surface area contributed by atoms with Crippen molar-refractivity contribution in [2.45, 2.75) is 26.4 Å². The summed E-state index contributed by atoms with van der Waals surface area (Å²) in [5, 5.41) is 5.51. The van der Waals surface area contributed by atoms with Gasteiger partial charge in [-0.15, -0.1) is 11.3 Å². The molecule has 86 valence electrons. The van der Waals surface area contributed by atoms with Crippen molar-refractivity contribution in [3.63, 3.8) is 0 Å². The number of hydrogen-bond donors (Lipinski definition) is 1. The fourth-order valence-corrected chi connectivity index (χ4v) is 2.35. The highest BCUT2D eigenvalue weighted by Gasteiger charge is 2.05. The Labute approximate surface area is 100 Å². The van der Waals surface area contributed by atoms with Crippen LogP contribution in [0.25, 0.3) is 10.6 Å². The Morgan fingerprint density at radius 3 is 3.06 bits per heavy atom. The monoisotopic (exact) mass is 235 g/mol. The van der Waals surface area contributed by atoms with Crippen molar-refractivity contribution in [2.75, 3.05) is 6.54 Å². The maximum Gasteiger partial charge on any atom is 0.0951 e. The minimum atomic E-state index is 0.536. The predicted molar refractivity (Wildman–Crippen MR) is 68.7 cm³/mol. The molecule has 0 unspecified atom stereocenters. The molecule has 2 heterocycles. The zero-order valence-electron chi connectivity index (χ0n) is 9.68. The summed E-state index contributed by atoms with van der Waals surface area (Å²) in [6, 6.07) is 4.74. The molecule has 0 spiro atoms. The Morgan fingerprint density at radius 2 is 2.38 bits per heavy atom. The molecule has 1 N–H and O–H groups in total. The third kappa shape index (κ3) is 2.71. The normalized spacial score (nSPS) is 11.2. The van der Waals surface area contributed by atoms with Crippen LogP contribution in [0.3, 0.4) is 0 Å². The summed E-state index contributed by atoms with van der Waals surface area (Å²) in [4.78, 5) is 5.50. The van der Waals surface area contributed by atoms with Gasteiger partial charge in [-0.1, -0.05) is 19.9 Å². The van der Waals surface area contributed by atoms with Gasteiger partial charge >= 0.3 is 0 Å². The lowest BCUT2D eigenvalue weighted by molar-refractivity contribution is 0.543. The molecule has 2 rings (SSSR count).